The largest absolute Gasteiger partial charge is 0.325 e. The third kappa shape index (κ3) is 3.79. The summed E-state index contributed by atoms with van der Waals surface area (Å²) in [5.41, 5.74) is 2.62. The van der Waals surface area contributed by atoms with Crippen LogP contribution in [0.5, 0.6) is 0 Å². The maximum atomic E-state index is 12.1. The van der Waals surface area contributed by atoms with Crippen molar-refractivity contribution in [1.82, 2.24) is 19.6 Å². The Balaban J connectivity index is 1.59. The Morgan fingerprint density at radius 2 is 2.17 bits per heavy atom. The summed E-state index contributed by atoms with van der Waals surface area (Å²) in [7, 11) is 0. The quantitative estimate of drug-likeness (QED) is 0.742. The Hall–Kier alpha value is -2.28. The second kappa shape index (κ2) is 7.09. The molecule has 0 saturated carbocycles. The van der Waals surface area contributed by atoms with E-state index in [-0.39, 0.29) is 11.8 Å². The molecule has 1 amide bonds. The maximum Gasteiger partial charge on any atom is 0.224 e. The highest BCUT2D eigenvalue weighted by atomic mass is 32.1. The number of fused-ring (bicyclic) bond motifs is 1. The molecule has 6 nitrogen and oxygen atoms in total. The number of aryl methyl sites for hydroxylation is 2. The lowest BCUT2D eigenvalue weighted by molar-refractivity contribution is -0.116. The number of carbonyl (C=O) groups is 1. The number of carbonyl (C=O) groups excluding carboxylic acids is 1. The van der Waals surface area contributed by atoms with Crippen LogP contribution in [0.1, 0.15) is 49.1 Å². The van der Waals surface area contributed by atoms with Crippen molar-refractivity contribution < 1.29 is 4.79 Å². The van der Waals surface area contributed by atoms with E-state index in [0.717, 1.165) is 40.7 Å². The summed E-state index contributed by atoms with van der Waals surface area (Å²) < 4.78 is 1.93. The number of rotatable bonds is 6. The van der Waals surface area contributed by atoms with Crippen LogP contribution in [0.3, 0.4) is 0 Å². The molecule has 0 fully saturated rings. The molecule has 0 aliphatic carbocycles. The van der Waals surface area contributed by atoms with Gasteiger partial charge in [-0.2, -0.15) is 0 Å². The summed E-state index contributed by atoms with van der Waals surface area (Å²) in [5.74, 6) is 1.17. The van der Waals surface area contributed by atoms with Gasteiger partial charge in [-0.3, -0.25) is 9.20 Å². The molecule has 0 spiro atoms. The number of nitrogens with one attached hydrogen (secondary N) is 1. The SMILES string of the molecule is Cc1nc(CCCC(=O)Nc2ccc3nnc(C(C)C)n3c2)cs1. The van der Waals surface area contributed by atoms with Gasteiger partial charge < -0.3 is 5.32 Å². The summed E-state index contributed by atoms with van der Waals surface area (Å²) in [4.78, 5) is 16.5. The van der Waals surface area contributed by atoms with Gasteiger partial charge in [-0.05, 0) is 31.9 Å². The van der Waals surface area contributed by atoms with Gasteiger partial charge in [0.05, 0.1) is 16.4 Å². The minimum Gasteiger partial charge on any atom is -0.325 e. The first kappa shape index (κ1) is 16.6. The smallest absolute Gasteiger partial charge is 0.224 e. The fourth-order valence-corrected chi connectivity index (χ4v) is 3.20. The fourth-order valence-electron chi connectivity index (χ4n) is 2.55. The molecule has 0 bridgehead atoms. The van der Waals surface area contributed by atoms with Gasteiger partial charge in [0.1, 0.15) is 5.82 Å². The lowest BCUT2D eigenvalue weighted by atomic mass is 10.2. The minimum absolute atomic E-state index is 0.0143. The number of nitrogens with zero attached hydrogens (tertiary/aromatic N) is 4. The van der Waals surface area contributed by atoms with Crippen LogP contribution in [0.4, 0.5) is 5.69 Å². The van der Waals surface area contributed by atoms with Crippen LogP contribution in [0.2, 0.25) is 0 Å². The molecule has 0 unspecified atom stereocenters. The van der Waals surface area contributed by atoms with Crippen LogP contribution >= 0.6 is 11.3 Å². The molecule has 126 valence electrons. The summed E-state index contributed by atoms with van der Waals surface area (Å²) in [6.07, 6.45) is 3.99. The van der Waals surface area contributed by atoms with Gasteiger partial charge in [0.25, 0.3) is 0 Å². The average molecular weight is 343 g/mol. The molecular weight excluding hydrogens is 322 g/mol. The summed E-state index contributed by atoms with van der Waals surface area (Å²) in [6, 6.07) is 3.72. The molecule has 3 heterocycles. The normalized spacial score (nSPS) is 11.3. The van der Waals surface area contributed by atoms with Crippen molar-refractivity contribution >= 4 is 28.6 Å². The molecule has 3 rings (SSSR count). The van der Waals surface area contributed by atoms with Crippen molar-refractivity contribution in [1.29, 1.82) is 0 Å². The zero-order valence-electron chi connectivity index (χ0n) is 14.1. The number of hydrogen-bond acceptors (Lipinski definition) is 5. The second-order valence-corrected chi connectivity index (χ2v) is 7.18. The molecule has 24 heavy (non-hydrogen) atoms. The Bertz CT molecular complexity index is 852. The van der Waals surface area contributed by atoms with Crippen molar-refractivity contribution in [2.45, 2.75) is 46.0 Å². The van der Waals surface area contributed by atoms with Gasteiger partial charge in [-0.25, -0.2) is 4.98 Å². The standard InChI is InChI=1S/C17H21N5OS/c1-11(2)17-21-20-15-8-7-13(9-22(15)17)19-16(23)6-4-5-14-10-24-12(3)18-14/h7-11H,4-6H2,1-3H3,(H,19,23). The van der Waals surface area contributed by atoms with Gasteiger partial charge in [-0.15, -0.1) is 21.5 Å². The minimum atomic E-state index is 0.0143. The number of hydrogen-bond donors (Lipinski definition) is 1. The predicted octanol–water partition coefficient (Wildman–Crippen LogP) is 3.58. The highest BCUT2D eigenvalue weighted by Gasteiger charge is 2.10. The van der Waals surface area contributed by atoms with E-state index >= 15 is 0 Å². The molecule has 1 N–H and O–H groups in total. The Labute approximate surface area is 145 Å². The van der Waals surface area contributed by atoms with Crippen LogP contribution in [-0.2, 0) is 11.2 Å². The first-order valence-corrected chi connectivity index (χ1v) is 8.96. The maximum absolute atomic E-state index is 12.1. The molecule has 0 aliphatic heterocycles. The van der Waals surface area contributed by atoms with Crippen LogP contribution in [-0.4, -0.2) is 25.5 Å². The Morgan fingerprint density at radius 1 is 1.33 bits per heavy atom. The summed E-state index contributed by atoms with van der Waals surface area (Å²) in [5, 5.41) is 14.4. The van der Waals surface area contributed by atoms with Gasteiger partial charge in [0.2, 0.25) is 5.91 Å². The van der Waals surface area contributed by atoms with Crippen molar-refractivity contribution in [3.63, 3.8) is 0 Å². The zero-order valence-corrected chi connectivity index (χ0v) is 14.9. The lowest BCUT2D eigenvalue weighted by Crippen LogP contribution is -2.12. The Morgan fingerprint density at radius 3 is 2.88 bits per heavy atom. The third-order valence-corrected chi connectivity index (χ3v) is 4.55. The average Bonchev–Trinajstić information content (AvgIpc) is 3.13. The molecule has 0 aromatic carbocycles. The molecule has 3 aromatic heterocycles. The molecule has 3 aromatic rings. The molecule has 0 atom stereocenters. The number of pyridine rings is 1. The van der Waals surface area contributed by atoms with Crippen molar-refractivity contribution in [2.24, 2.45) is 0 Å². The first-order valence-electron chi connectivity index (χ1n) is 8.08. The van der Waals surface area contributed by atoms with E-state index < -0.39 is 0 Å². The fraction of sp³-hybridized carbons (Fsp3) is 0.412. The van der Waals surface area contributed by atoms with E-state index in [4.69, 9.17) is 0 Å². The number of amides is 1. The number of anilines is 1. The van der Waals surface area contributed by atoms with Crippen molar-refractivity contribution in [2.75, 3.05) is 5.32 Å². The van der Waals surface area contributed by atoms with Crippen molar-refractivity contribution in [3.8, 4) is 0 Å². The van der Waals surface area contributed by atoms with E-state index in [2.05, 4.69) is 39.7 Å². The van der Waals surface area contributed by atoms with Crippen LogP contribution < -0.4 is 5.32 Å². The van der Waals surface area contributed by atoms with Gasteiger partial charge in [0, 0.05) is 23.9 Å². The van der Waals surface area contributed by atoms with Crippen LogP contribution in [0.25, 0.3) is 5.65 Å². The molecule has 0 aliphatic rings. The third-order valence-electron chi connectivity index (χ3n) is 3.73. The van der Waals surface area contributed by atoms with Crippen LogP contribution in [0.15, 0.2) is 23.7 Å². The van der Waals surface area contributed by atoms with E-state index in [9.17, 15) is 4.79 Å². The highest BCUT2D eigenvalue weighted by Crippen LogP contribution is 2.17. The molecule has 7 heteroatoms. The van der Waals surface area contributed by atoms with E-state index in [1.165, 1.54) is 0 Å². The molecule has 0 saturated heterocycles. The molecular formula is C17H21N5OS. The van der Waals surface area contributed by atoms with Gasteiger partial charge >= 0.3 is 0 Å². The van der Waals surface area contributed by atoms with Crippen molar-refractivity contribution in [3.05, 3.63) is 40.2 Å². The number of thiazole rings is 1. The predicted molar refractivity (Wildman–Crippen MR) is 95.5 cm³/mol. The summed E-state index contributed by atoms with van der Waals surface area (Å²) in [6.45, 7) is 6.14. The highest BCUT2D eigenvalue weighted by molar-refractivity contribution is 7.09. The van der Waals surface area contributed by atoms with Gasteiger partial charge in [-0.1, -0.05) is 13.8 Å². The molecule has 0 radical (unpaired) electrons. The van der Waals surface area contributed by atoms with Crippen LogP contribution in [0, 0.1) is 6.92 Å². The second-order valence-electron chi connectivity index (χ2n) is 6.12. The number of aromatic nitrogens is 4. The monoisotopic (exact) mass is 343 g/mol. The van der Waals surface area contributed by atoms with E-state index in [1.807, 2.05) is 29.7 Å². The van der Waals surface area contributed by atoms with Gasteiger partial charge in [0.15, 0.2) is 5.65 Å². The first-order chi connectivity index (χ1) is 11.5. The lowest BCUT2D eigenvalue weighted by Gasteiger charge is -2.07. The zero-order chi connectivity index (χ0) is 17.1. The van der Waals surface area contributed by atoms with E-state index in [1.54, 1.807) is 11.3 Å². The van der Waals surface area contributed by atoms with E-state index in [0.29, 0.717) is 6.42 Å². The summed E-state index contributed by atoms with van der Waals surface area (Å²) >= 11 is 1.65. The Kier molecular flexibility index (Phi) is 4.89. The topological polar surface area (TPSA) is 72.2 Å².